The second-order valence-corrected chi connectivity index (χ2v) is 8.28. The van der Waals surface area contributed by atoms with Crippen LogP contribution < -0.4 is 0 Å². The van der Waals surface area contributed by atoms with Gasteiger partial charge in [0.2, 0.25) is 0 Å². The third-order valence-corrected chi connectivity index (χ3v) is 6.20. The largest absolute Gasteiger partial charge is 0.286 e. The Morgan fingerprint density at radius 3 is 2.07 bits per heavy atom. The fourth-order valence-corrected chi connectivity index (χ4v) is 4.88. The van der Waals surface area contributed by atoms with Crippen LogP contribution in [0.5, 0.6) is 0 Å². The average molecular weight is 372 g/mol. The zero-order valence-corrected chi connectivity index (χ0v) is 16.5. The molecule has 0 bridgehead atoms. The molecule has 2 heteroatoms. The van der Waals surface area contributed by atoms with Gasteiger partial charge in [-0.1, -0.05) is 96.7 Å². The minimum atomic E-state index is 0.398. The third kappa shape index (κ3) is 4.52. The van der Waals surface area contributed by atoms with Crippen LogP contribution in [0.3, 0.4) is 0 Å². The lowest BCUT2D eigenvalue weighted by molar-refractivity contribution is 0.149. The van der Waals surface area contributed by atoms with Gasteiger partial charge in [-0.25, -0.2) is 0 Å². The van der Waals surface area contributed by atoms with Crippen molar-refractivity contribution in [3.63, 3.8) is 0 Å². The van der Waals surface area contributed by atoms with Gasteiger partial charge < -0.3 is 0 Å². The standard InChI is InChI=1S/C25H25NS/c1-20-17-24(27-23-15-9-4-10-16-23)18-25(22-13-7-3-8-14-22)26(20)19-21-11-5-2-6-12-21/h2-17,20,25H,18-19H2,1H3/t20-,25-/m0/s1. The molecule has 0 saturated heterocycles. The molecule has 136 valence electrons. The predicted molar refractivity (Wildman–Crippen MR) is 116 cm³/mol. The van der Waals surface area contributed by atoms with Crippen LogP contribution in [0, 0.1) is 0 Å². The van der Waals surface area contributed by atoms with Gasteiger partial charge in [0.25, 0.3) is 0 Å². The zero-order chi connectivity index (χ0) is 18.5. The van der Waals surface area contributed by atoms with E-state index in [4.69, 9.17) is 0 Å². The topological polar surface area (TPSA) is 3.24 Å². The van der Waals surface area contributed by atoms with E-state index in [2.05, 4.69) is 109 Å². The summed E-state index contributed by atoms with van der Waals surface area (Å²) in [5, 5.41) is 0. The molecule has 0 unspecified atom stereocenters. The number of hydrogen-bond acceptors (Lipinski definition) is 2. The van der Waals surface area contributed by atoms with E-state index in [9.17, 15) is 0 Å². The summed E-state index contributed by atoms with van der Waals surface area (Å²) in [5.74, 6) is 0. The molecule has 3 aromatic rings. The number of benzene rings is 3. The van der Waals surface area contributed by atoms with E-state index in [-0.39, 0.29) is 0 Å². The van der Waals surface area contributed by atoms with Crippen molar-refractivity contribution in [3.05, 3.63) is 113 Å². The molecule has 0 fully saturated rings. The fourth-order valence-electron chi connectivity index (χ4n) is 3.77. The van der Waals surface area contributed by atoms with Crippen molar-refractivity contribution >= 4 is 11.8 Å². The highest BCUT2D eigenvalue weighted by atomic mass is 32.2. The summed E-state index contributed by atoms with van der Waals surface area (Å²) in [6.07, 6.45) is 3.50. The molecule has 1 nitrogen and oxygen atoms in total. The molecule has 1 aliphatic rings. The molecule has 4 rings (SSSR count). The first-order valence-corrected chi connectivity index (χ1v) is 10.4. The van der Waals surface area contributed by atoms with Gasteiger partial charge in [0.15, 0.2) is 0 Å². The smallest absolute Gasteiger partial charge is 0.0402 e. The lowest BCUT2D eigenvalue weighted by Crippen LogP contribution is -2.38. The Bertz CT molecular complexity index is 874. The lowest BCUT2D eigenvalue weighted by atomic mass is 9.95. The molecule has 0 spiro atoms. The molecule has 0 aromatic heterocycles. The molecular weight excluding hydrogens is 346 g/mol. The van der Waals surface area contributed by atoms with Crippen LogP contribution in [-0.4, -0.2) is 10.9 Å². The Morgan fingerprint density at radius 2 is 1.41 bits per heavy atom. The number of rotatable bonds is 5. The van der Waals surface area contributed by atoms with Crippen molar-refractivity contribution < 1.29 is 0 Å². The Labute approximate surface area is 166 Å². The van der Waals surface area contributed by atoms with Gasteiger partial charge in [0.05, 0.1) is 0 Å². The highest BCUT2D eigenvalue weighted by Crippen LogP contribution is 2.41. The predicted octanol–water partition coefficient (Wildman–Crippen LogP) is 6.70. The van der Waals surface area contributed by atoms with Gasteiger partial charge in [0, 0.05) is 23.5 Å². The third-order valence-electron chi connectivity index (χ3n) is 5.13. The maximum absolute atomic E-state index is 2.62. The first-order chi connectivity index (χ1) is 13.3. The molecule has 0 saturated carbocycles. The van der Waals surface area contributed by atoms with Gasteiger partial charge in [-0.15, -0.1) is 0 Å². The quantitative estimate of drug-likeness (QED) is 0.491. The van der Waals surface area contributed by atoms with E-state index < -0.39 is 0 Å². The fraction of sp³-hybridized carbons (Fsp3) is 0.200. The summed E-state index contributed by atoms with van der Waals surface area (Å²) in [6.45, 7) is 3.30. The second-order valence-electron chi connectivity index (χ2n) is 7.08. The first kappa shape index (κ1) is 18.1. The number of nitrogens with zero attached hydrogens (tertiary/aromatic N) is 1. The summed E-state index contributed by atoms with van der Waals surface area (Å²) in [4.78, 5) is 5.41. The van der Waals surface area contributed by atoms with Crippen molar-refractivity contribution in [3.8, 4) is 0 Å². The highest BCUT2D eigenvalue weighted by molar-refractivity contribution is 8.03. The Morgan fingerprint density at radius 1 is 0.815 bits per heavy atom. The van der Waals surface area contributed by atoms with Crippen LogP contribution in [-0.2, 0) is 6.54 Å². The van der Waals surface area contributed by atoms with Gasteiger partial charge in [-0.05, 0) is 41.5 Å². The van der Waals surface area contributed by atoms with Crippen molar-refractivity contribution in [1.29, 1.82) is 0 Å². The molecule has 0 N–H and O–H groups in total. The van der Waals surface area contributed by atoms with E-state index in [0.29, 0.717) is 12.1 Å². The second kappa shape index (κ2) is 8.60. The molecule has 2 atom stereocenters. The Balaban J connectivity index is 1.62. The first-order valence-electron chi connectivity index (χ1n) is 9.58. The van der Waals surface area contributed by atoms with Gasteiger partial charge in [0.1, 0.15) is 0 Å². The average Bonchev–Trinajstić information content (AvgIpc) is 2.72. The molecule has 1 aliphatic heterocycles. The van der Waals surface area contributed by atoms with Crippen LogP contribution in [0.25, 0.3) is 0 Å². The summed E-state index contributed by atoms with van der Waals surface area (Å²) >= 11 is 1.91. The summed E-state index contributed by atoms with van der Waals surface area (Å²) in [5.41, 5.74) is 2.78. The molecule has 0 aliphatic carbocycles. The van der Waals surface area contributed by atoms with E-state index in [1.165, 1.54) is 20.9 Å². The maximum Gasteiger partial charge on any atom is 0.0402 e. The van der Waals surface area contributed by atoms with Crippen molar-refractivity contribution in [2.75, 3.05) is 0 Å². The normalized spacial score (nSPS) is 20.3. The SMILES string of the molecule is C[C@H]1C=C(Sc2ccccc2)C[C@@H](c2ccccc2)N1Cc1ccccc1. The summed E-state index contributed by atoms with van der Waals surface area (Å²) in [6, 6.07) is 33.3. The Kier molecular flexibility index (Phi) is 5.76. The summed E-state index contributed by atoms with van der Waals surface area (Å²) in [7, 11) is 0. The van der Waals surface area contributed by atoms with Crippen LogP contribution in [0.4, 0.5) is 0 Å². The Hall–Kier alpha value is -2.29. The van der Waals surface area contributed by atoms with Gasteiger partial charge in [-0.3, -0.25) is 4.90 Å². The number of hydrogen-bond donors (Lipinski definition) is 0. The molecule has 0 amide bonds. The molecule has 0 radical (unpaired) electrons. The van der Waals surface area contributed by atoms with Crippen LogP contribution >= 0.6 is 11.8 Å². The molecule has 27 heavy (non-hydrogen) atoms. The van der Waals surface area contributed by atoms with Gasteiger partial charge >= 0.3 is 0 Å². The monoisotopic (exact) mass is 371 g/mol. The minimum Gasteiger partial charge on any atom is -0.286 e. The van der Waals surface area contributed by atoms with Crippen molar-refractivity contribution in [2.45, 2.75) is 36.9 Å². The van der Waals surface area contributed by atoms with E-state index >= 15 is 0 Å². The van der Waals surface area contributed by atoms with E-state index in [1.54, 1.807) is 0 Å². The van der Waals surface area contributed by atoms with Crippen LogP contribution in [0.2, 0.25) is 0 Å². The summed E-state index contributed by atoms with van der Waals surface area (Å²) < 4.78 is 0. The van der Waals surface area contributed by atoms with E-state index in [1.807, 2.05) is 11.8 Å². The highest BCUT2D eigenvalue weighted by Gasteiger charge is 2.29. The van der Waals surface area contributed by atoms with Crippen molar-refractivity contribution in [2.24, 2.45) is 0 Å². The molecule has 3 aromatic carbocycles. The van der Waals surface area contributed by atoms with Crippen LogP contribution in [0.15, 0.2) is 107 Å². The maximum atomic E-state index is 2.62. The number of thioether (sulfide) groups is 1. The minimum absolute atomic E-state index is 0.398. The molecule has 1 heterocycles. The lowest BCUT2D eigenvalue weighted by Gasteiger charge is -2.40. The van der Waals surface area contributed by atoms with Crippen molar-refractivity contribution in [1.82, 2.24) is 4.90 Å². The zero-order valence-electron chi connectivity index (χ0n) is 15.7. The molecular formula is C25H25NS. The van der Waals surface area contributed by atoms with Crippen LogP contribution in [0.1, 0.15) is 30.5 Å². The van der Waals surface area contributed by atoms with E-state index in [0.717, 1.165) is 13.0 Å². The van der Waals surface area contributed by atoms with Gasteiger partial charge in [-0.2, -0.15) is 0 Å².